The van der Waals surface area contributed by atoms with Crippen molar-refractivity contribution in [2.45, 2.75) is 38.4 Å². The number of rotatable bonds is 7. The number of nitrogens with zero attached hydrogens (tertiary/aromatic N) is 1. The summed E-state index contributed by atoms with van der Waals surface area (Å²) >= 11 is 0. The van der Waals surface area contributed by atoms with E-state index in [1.165, 1.54) is 5.56 Å². The Hall–Kier alpha value is -1.72. The summed E-state index contributed by atoms with van der Waals surface area (Å²) in [5.74, 6) is -0.608. The van der Waals surface area contributed by atoms with Gasteiger partial charge in [0.05, 0.1) is 6.61 Å². The molecule has 25 heavy (non-hydrogen) atoms. The summed E-state index contributed by atoms with van der Waals surface area (Å²) < 4.78 is 12.4. The van der Waals surface area contributed by atoms with Crippen molar-refractivity contribution in [3.8, 4) is 0 Å². The molecule has 2 aromatic carbocycles. The van der Waals surface area contributed by atoms with Gasteiger partial charge in [0.1, 0.15) is 12.2 Å². The molecule has 2 aromatic rings. The molecule has 0 amide bonds. The Bertz CT molecular complexity index is 645. The highest BCUT2D eigenvalue weighted by Gasteiger charge is 2.42. The van der Waals surface area contributed by atoms with Crippen LogP contribution in [0, 0.1) is 0 Å². The average molecular weight is 341 g/mol. The maximum absolute atomic E-state index is 9.46. The highest BCUT2D eigenvalue weighted by molar-refractivity contribution is 5.20. The fourth-order valence-corrected chi connectivity index (χ4v) is 3.37. The number of aliphatic hydroxyl groups excluding tert-OH is 1. The van der Waals surface area contributed by atoms with Crippen LogP contribution in [0.25, 0.3) is 0 Å². The minimum atomic E-state index is -0.608. The van der Waals surface area contributed by atoms with Crippen molar-refractivity contribution in [3.05, 3.63) is 71.8 Å². The fraction of sp³-hybridized carbons (Fsp3) is 0.429. The summed E-state index contributed by atoms with van der Waals surface area (Å²) in [7, 11) is 0. The summed E-state index contributed by atoms with van der Waals surface area (Å²) in [5, 5.41) is 9.46. The van der Waals surface area contributed by atoms with Crippen LogP contribution in [0.5, 0.6) is 0 Å². The molecule has 134 valence electrons. The van der Waals surface area contributed by atoms with Crippen LogP contribution in [0.1, 0.15) is 31.1 Å². The van der Waals surface area contributed by atoms with Gasteiger partial charge in [0.15, 0.2) is 5.79 Å². The van der Waals surface area contributed by atoms with Gasteiger partial charge in [0.25, 0.3) is 0 Å². The van der Waals surface area contributed by atoms with Crippen molar-refractivity contribution in [2.24, 2.45) is 0 Å². The van der Waals surface area contributed by atoms with E-state index in [4.69, 9.17) is 9.47 Å². The molecule has 1 aliphatic heterocycles. The second-order valence-electron chi connectivity index (χ2n) is 6.95. The molecule has 2 atom stereocenters. The van der Waals surface area contributed by atoms with E-state index < -0.39 is 5.79 Å². The van der Waals surface area contributed by atoms with E-state index in [0.717, 1.165) is 12.1 Å². The summed E-state index contributed by atoms with van der Waals surface area (Å²) in [6.07, 6.45) is -0.180. The van der Waals surface area contributed by atoms with E-state index in [1.54, 1.807) is 0 Å². The van der Waals surface area contributed by atoms with E-state index in [9.17, 15) is 5.11 Å². The Morgan fingerprint density at radius 2 is 1.60 bits per heavy atom. The zero-order chi connectivity index (χ0) is 17.7. The molecule has 0 saturated carbocycles. The molecule has 0 aromatic heterocycles. The van der Waals surface area contributed by atoms with Crippen LogP contribution in [-0.4, -0.2) is 41.6 Å². The lowest BCUT2D eigenvalue weighted by atomic mass is 10.0. The molecule has 0 spiro atoms. The SMILES string of the molecule is CC1(C)O[C@@H](CN(CCO)Cc2ccccc2)[C@@H](c2ccccc2)O1. The molecule has 4 nitrogen and oxygen atoms in total. The number of hydrogen-bond donors (Lipinski definition) is 1. The normalized spacial score (nSPS) is 22.4. The van der Waals surface area contributed by atoms with Crippen molar-refractivity contribution < 1.29 is 14.6 Å². The molecular formula is C21H27NO3. The van der Waals surface area contributed by atoms with Gasteiger partial charge >= 0.3 is 0 Å². The van der Waals surface area contributed by atoms with Gasteiger partial charge in [0, 0.05) is 19.6 Å². The van der Waals surface area contributed by atoms with Gasteiger partial charge in [0.2, 0.25) is 0 Å². The van der Waals surface area contributed by atoms with E-state index >= 15 is 0 Å². The zero-order valence-electron chi connectivity index (χ0n) is 15.0. The standard InChI is InChI=1S/C21H27NO3/c1-21(2)24-19(20(25-21)18-11-7-4-8-12-18)16-22(13-14-23)15-17-9-5-3-6-10-17/h3-12,19-20,23H,13-16H2,1-2H3/t19-,20+/m0/s1. The molecule has 1 heterocycles. The Kier molecular flexibility index (Phi) is 5.86. The highest BCUT2D eigenvalue weighted by atomic mass is 16.8. The van der Waals surface area contributed by atoms with Gasteiger partial charge in [-0.25, -0.2) is 0 Å². The lowest BCUT2D eigenvalue weighted by Crippen LogP contribution is -2.37. The van der Waals surface area contributed by atoms with Gasteiger partial charge in [-0.15, -0.1) is 0 Å². The quantitative estimate of drug-likeness (QED) is 0.838. The molecule has 0 aliphatic carbocycles. The molecule has 4 heteroatoms. The highest BCUT2D eigenvalue weighted by Crippen LogP contribution is 2.38. The summed E-state index contributed by atoms with van der Waals surface area (Å²) in [6.45, 7) is 6.13. The predicted octanol–water partition coefficient (Wildman–Crippen LogP) is 3.37. The second kappa shape index (κ2) is 8.11. The number of aliphatic hydroxyl groups is 1. The van der Waals surface area contributed by atoms with E-state index in [2.05, 4.69) is 29.2 Å². The molecule has 0 unspecified atom stereocenters. The molecule has 1 fully saturated rings. The predicted molar refractivity (Wildman–Crippen MR) is 98.0 cm³/mol. The Balaban J connectivity index is 1.74. The van der Waals surface area contributed by atoms with Crippen LogP contribution in [0.4, 0.5) is 0 Å². The van der Waals surface area contributed by atoms with Crippen molar-refractivity contribution in [1.29, 1.82) is 0 Å². The van der Waals surface area contributed by atoms with Crippen LogP contribution < -0.4 is 0 Å². The lowest BCUT2D eigenvalue weighted by Gasteiger charge is -2.27. The van der Waals surface area contributed by atoms with Crippen LogP contribution >= 0.6 is 0 Å². The average Bonchev–Trinajstić information content (AvgIpc) is 2.91. The van der Waals surface area contributed by atoms with Crippen molar-refractivity contribution >= 4 is 0 Å². The molecule has 1 aliphatic rings. The van der Waals surface area contributed by atoms with Crippen LogP contribution in [0.15, 0.2) is 60.7 Å². The van der Waals surface area contributed by atoms with Gasteiger partial charge in [-0.05, 0) is 25.0 Å². The first-order chi connectivity index (χ1) is 12.1. The van der Waals surface area contributed by atoms with E-state index in [0.29, 0.717) is 13.1 Å². The van der Waals surface area contributed by atoms with Gasteiger partial charge in [-0.3, -0.25) is 4.90 Å². The first-order valence-electron chi connectivity index (χ1n) is 8.85. The van der Waals surface area contributed by atoms with Crippen LogP contribution in [0.2, 0.25) is 0 Å². The minimum absolute atomic E-state index is 0.0762. The van der Waals surface area contributed by atoms with Crippen molar-refractivity contribution in [2.75, 3.05) is 19.7 Å². The molecule has 1 N–H and O–H groups in total. The Morgan fingerprint density at radius 3 is 2.24 bits per heavy atom. The van der Waals surface area contributed by atoms with E-state index in [-0.39, 0.29) is 18.8 Å². The monoisotopic (exact) mass is 341 g/mol. The second-order valence-corrected chi connectivity index (χ2v) is 6.95. The van der Waals surface area contributed by atoms with Crippen LogP contribution in [0.3, 0.4) is 0 Å². The third kappa shape index (κ3) is 4.89. The smallest absolute Gasteiger partial charge is 0.164 e. The third-order valence-electron chi connectivity index (χ3n) is 4.42. The summed E-state index contributed by atoms with van der Waals surface area (Å²) in [5.41, 5.74) is 2.35. The molecule has 3 rings (SSSR count). The molecule has 0 bridgehead atoms. The molecule has 1 saturated heterocycles. The first kappa shape index (κ1) is 18.1. The largest absolute Gasteiger partial charge is 0.395 e. The first-order valence-corrected chi connectivity index (χ1v) is 8.85. The number of hydrogen-bond acceptors (Lipinski definition) is 4. The summed E-state index contributed by atoms with van der Waals surface area (Å²) in [4.78, 5) is 2.22. The number of benzene rings is 2. The van der Waals surface area contributed by atoms with Gasteiger partial charge < -0.3 is 14.6 Å². The zero-order valence-corrected chi connectivity index (χ0v) is 15.0. The van der Waals surface area contributed by atoms with Crippen molar-refractivity contribution in [1.82, 2.24) is 4.90 Å². The molecular weight excluding hydrogens is 314 g/mol. The fourth-order valence-electron chi connectivity index (χ4n) is 3.37. The van der Waals surface area contributed by atoms with Gasteiger partial charge in [-0.2, -0.15) is 0 Å². The van der Waals surface area contributed by atoms with E-state index in [1.807, 2.05) is 50.2 Å². The van der Waals surface area contributed by atoms with Crippen LogP contribution in [-0.2, 0) is 16.0 Å². The molecule has 0 radical (unpaired) electrons. The Morgan fingerprint density at radius 1 is 0.960 bits per heavy atom. The lowest BCUT2D eigenvalue weighted by molar-refractivity contribution is -0.148. The third-order valence-corrected chi connectivity index (χ3v) is 4.42. The topological polar surface area (TPSA) is 41.9 Å². The minimum Gasteiger partial charge on any atom is -0.395 e. The van der Waals surface area contributed by atoms with Crippen molar-refractivity contribution in [3.63, 3.8) is 0 Å². The number of ether oxygens (including phenoxy) is 2. The maximum atomic E-state index is 9.46. The Labute approximate surface area is 150 Å². The van der Waals surface area contributed by atoms with Gasteiger partial charge in [-0.1, -0.05) is 60.7 Å². The maximum Gasteiger partial charge on any atom is 0.164 e. The summed E-state index contributed by atoms with van der Waals surface area (Å²) in [6, 6.07) is 20.5.